The Bertz CT molecular complexity index is 628. The molecule has 2 aromatic rings. The predicted molar refractivity (Wildman–Crippen MR) is 97.4 cm³/mol. The molecule has 0 aliphatic carbocycles. The third-order valence-corrected chi connectivity index (χ3v) is 3.99. The van der Waals surface area contributed by atoms with Crippen LogP contribution < -0.4 is 10.6 Å². The second-order valence-corrected chi connectivity index (χ2v) is 5.87. The molecule has 0 aliphatic rings. The Hall–Kier alpha value is -1.81. The first-order valence-electron chi connectivity index (χ1n) is 7.93. The number of benzene rings is 2. The minimum Gasteiger partial charge on any atom is -0.508 e. The van der Waals surface area contributed by atoms with Crippen molar-refractivity contribution in [3.05, 3.63) is 42.0 Å². The highest BCUT2D eigenvalue weighted by atomic mass is 32.1. The van der Waals surface area contributed by atoms with Crippen molar-refractivity contribution in [2.45, 2.75) is 32.6 Å². The van der Waals surface area contributed by atoms with E-state index in [-0.39, 0.29) is 0 Å². The summed E-state index contributed by atoms with van der Waals surface area (Å²) >= 11 is 5.27. The van der Waals surface area contributed by atoms with E-state index in [4.69, 9.17) is 12.2 Å². The first-order chi connectivity index (χ1) is 10.7. The summed E-state index contributed by atoms with van der Waals surface area (Å²) in [5.41, 5.74) is 1.22. The summed E-state index contributed by atoms with van der Waals surface area (Å²) in [6.07, 6.45) is 4.48. The van der Waals surface area contributed by atoms with Crippen molar-refractivity contribution >= 4 is 28.1 Å². The number of aromatic hydroxyl groups is 1. The van der Waals surface area contributed by atoms with Crippen molar-refractivity contribution in [1.29, 1.82) is 0 Å². The zero-order chi connectivity index (χ0) is 15.8. The van der Waals surface area contributed by atoms with Gasteiger partial charge >= 0.3 is 0 Å². The highest BCUT2D eigenvalue weighted by molar-refractivity contribution is 7.80. The van der Waals surface area contributed by atoms with E-state index in [1.54, 1.807) is 6.07 Å². The highest BCUT2D eigenvalue weighted by Crippen LogP contribution is 2.23. The molecule has 4 heteroatoms. The first kappa shape index (κ1) is 16.6. The molecule has 2 rings (SSSR count). The van der Waals surface area contributed by atoms with Crippen LogP contribution in [0.5, 0.6) is 5.75 Å². The van der Waals surface area contributed by atoms with Crippen molar-refractivity contribution in [2.75, 3.05) is 13.1 Å². The van der Waals surface area contributed by atoms with Gasteiger partial charge < -0.3 is 15.7 Å². The molecular formula is C18H24N2OS. The summed E-state index contributed by atoms with van der Waals surface area (Å²) in [6.45, 7) is 3.91. The topological polar surface area (TPSA) is 44.3 Å². The fourth-order valence-electron chi connectivity index (χ4n) is 2.49. The van der Waals surface area contributed by atoms with E-state index >= 15 is 0 Å². The Labute approximate surface area is 137 Å². The van der Waals surface area contributed by atoms with Crippen LogP contribution in [0, 0.1) is 0 Å². The molecule has 118 valence electrons. The van der Waals surface area contributed by atoms with E-state index in [0.717, 1.165) is 41.8 Å². The minimum atomic E-state index is 0.307. The van der Waals surface area contributed by atoms with Crippen molar-refractivity contribution in [1.82, 2.24) is 10.6 Å². The molecular weight excluding hydrogens is 292 g/mol. The third kappa shape index (κ3) is 4.88. The number of phenolic OH excluding ortho intramolecular Hbond substituents is 1. The van der Waals surface area contributed by atoms with Crippen LogP contribution in [0.1, 0.15) is 31.7 Å². The van der Waals surface area contributed by atoms with Crippen LogP contribution in [0.4, 0.5) is 0 Å². The first-order valence-corrected chi connectivity index (χ1v) is 8.34. The average Bonchev–Trinajstić information content (AvgIpc) is 2.52. The van der Waals surface area contributed by atoms with Gasteiger partial charge in [0.25, 0.3) is 0 Å². The zero-order valence-electron chi connectivity index (χ0n) is 13.1. The van der Waals surface area contributed by atoms with Crippen LogP contribution in [0.3, 0.4) is 0 Å². The molecule has 0 fully saturated rings. The van der Waals surface area contributed by atoms with Crippen LogP contribution in [0.15, 0.2) is 36.4 Å². The van der Waals surface area contributed by atoms with E-state index in [1.807, 2.05) is 12.1 Å². The average molecular weight is 316 g/mol. The molecule has 0 unspecified atom stereocenters. The highest BCUT2D eigenvalue weighted by Gasteiger charge is 2.02. The van der Waals surface area contributed by atoms with Gasteiger partial charge in [0.2, 0.25) is 0 Å². The lowest BCUT2D eigenvalue weighted by Gasteiger charge is -2.11. The molecule has 0 spiro atoms. The Kier molecular flexibility index (Phi) is 6.46. The second kappa shape index (κ2) is 8.59. The number of nitrogens with one attached hydrogen (secondary N) is 2. The lowest BCUT2D eigenvalue weighted by molar-refractivity contribution is 0.476. The number of fused-ring (bicyclic) bond motifs is 1. The maximum atomic E-state index is 9.66. The number of hydrogen-bond donors (Lipinski definition) is 3. The molecule has 0 bridgehead atoms. The van der Waals surface area contributed by atoms with Gasteiger partial charge in [0, 0.05) is 13.1 Å². The number of rotatable bonds is 7. The number of thiocarbonyl (C=S) groups is 1. The van der Waals surface area contributed by atoms with Crippen LogP contribution in [0.2, 0.25) is 0 Å². The molecule has 0 saturated carbocycles. The van der Waals surface area contributed by atoms with Gasteiger partial charge in [-0.15, -0.1) is 0 Å². The molecule has 0 amide bonds. The maximum Gasteiger partial charge on any atom is 0.166 e. The molecule has 0 heterocycles. The van der Waals surface area contributed by atoms with E-state index in [2.05, 4.69) is 35.8 Å². The van der Waals surface area contributed by atoms with Crippen LogP contribution in [-0.2, 0) is 6.42 Å². The number of unbranched alkanes of at least 4 members (excludes halogenated alkanes) is 2. The third-order valence-electron chi connectivity index (χ3n) is 3.70. The Morgan fingerprint density at radius 1 is 1.09 bits per heavy atom. The number of phenols is 1. The molecule has 0 atom stereocenters. The van der Waals surface area contributed by atoms with Crippen LogP contribution in [0.25, 0.3) is 10.8 Å². The van der Waals surface area contributed by atoms with Crippen molar-refractivity contribution < 1.29 is 5.11 Å². The van der Waals surface area contributed by atoms with Gasteiger partial charge in [0.15, 0.2) is 5.11 Å². The summed E-state index contributed by atoms with van der Waals surface area (Å²) in [5, 5.41) is 19.1. The fourth-order valence-corrected chi connectivity index (χ4v) is 2.70. The van der Waals surface area contributed by atoms with Gasteiger partial charge in [-0.1, -0.05) is 44.0 Å². The van der Waals surface area contributed by atoms with Crippen LogP contribution in [-0.4, -0.2) is 23.3 Å². The van der Waals surface area contributed by atoms with E-state index < -0.39 is 0 Å². The molecule has 0 aromatic heterocycles. The molecule has 0 radical (unpaired) electrons. The van der Waals surface area contributed by atoms with Crippen molar-refractivity contribution in [3.63, 3.8) is 0 Å². The van der Waals surface area contributed by atoms with Crippen molar-refractivity contribution in [2.24, 2.45) is 0 Å². The van der Waals surface area contributed by atoms with Crippen molar-refractivity contribution in [3.8, 4) is 5.75 Å². The molecule has 0 aliphatic heterocycles. The summed E-state index contributed by atoms with van der Waals surface area (Å²) < 4.78 is 0. The standard InChI is InChI=1S/C18H24N2OS/c1-2-3-4-11-19-18(22)20-12-10-15-7-5-6-14-8-9-16(21)13-17(14)15/h5-9,13,21H,2-4,10-12H2,1H3,(H2,19,20,22). The molecule has 0 saturated heterocycles. The lowest BCUT2D eigenvalue weighted by atomic mass is 10.0. The summed E-state index contributed by atoms with van der Waals surface area (Å²) in [5.74, 6) is 0.307. The van der Waals surface area contributed by atoms with Crippen LogP contribution >= 0.6 is 12.2 Å². The zero-order valence-corrected chi connectivity index (χ0v) is 13.9. The Morgan fingerprint density at radius 2 is 1.91 bits per heavy atom. The quantitative estimate of drug-likeness (QED) is 0.538. The molecule has 3 N–H and O–H groups in total. The molecule has 2 aromatic carbocycles. The molecule has 3 nitrogen and oxygen atoms in total. The van der Waals surface area contributed by atoms with E-state index in [1.165, 1.54) is 18.4 Å². The second-order valence-electron chi connectivity index (χ2n) is 5.46. The Balaban J connectivity index is 1.84. The summed E-state index contributed by atoms with van der Waals surface area (Å²) in [6, 6.07) is 11.7. The van der Waals surface area contributed by atoms with E-state index in [0.29, 0.717) is 5.75 Å². The smallest absolute Gasteiger partial charge is 0.166 e. The SMILES string of the molecule is CCCCCNC(=S)NCCc1cccc2ccc(O)cc12. The number of hydrogen-bond acceptors (Lipinski definition) is 2. The van der Waals surface area contributed by atoms with Gasteiger partial charge in [0.1, 0.15) is 5.75 Å². The van der Waals surface area contributed by atoms with Gasteiger partial charge in [-0.25, -0.2) is 0 Å². The Morgan fingerprint density at radius 3 is 2.73 bits per heavy atom. The van der Waals surface area contributed by atoms with Gasteiger partial charge in [0.05, 0.1) is 0 Å². The maximum absolute atomic E-state index is 9.66. The lowest BCUT2D eigenvalue weighted by Crippen LogP contribution is -2.36. The van der Waals surface area contributed by atoms with Gasteiger partial charge in [-0.3, -0.25) is 0 Å². The molecule has 22 heavy (non-hydrogen) atoms. The van der Waals surface area contributed by atoms with Gasteiger partial charge in [-0.2, -0.15) is 0 Å². The largest absolute Gasteiger partial charge is 0.508 e. The summed E-state index contributed by atoms with van der Waals surface area (Å²) in [7, 11) is 0. The minimum absolute atomic E-state index is 0.307. The fraction of sp³-hybridized carbons (Fsp3) is 0.389. The summed E-state index contributed by atoms with van der Waals surface area (Å²) in [4.78, 5) is 0. The van der Waals surface area contributed by atoms with Gasteiger partial charge in [-0.05, 0) is 53.5 Å². The normalized spacial score (nSPS) is 10.6. The predicted octanol–water partition coefficient (Wildman–Crippen LogP) is 3.74. The van der Waals surface area contributed by atoms with E-state index in [9.17, 15) is 5.11 Å². The monoisotopic (exact) mass is 316 g/mol.